The van der Waals surface area contributed by atoms with Crippen molar-refractivity contribution in [1.82, 2.24) is 9.88 Å². The number of carbonyl (C=O) groups is 1. The zero-order valence-corrected chi connectivity index (χ0v) is 21.0. The number of hydrogen-bond donors (Lipinski definition) is 1. The fraction of sp³-hybridized carbons (Fsp3) is 0.667. The summed E-state index contributed by atoms with van der Waals surface area (Å²) in [4.78, 5) is 21.7. The first-order valence-electron chi connectivity index (χ1n) is 11.5. The van der Waals surface area contributed by atoms with Gasteiger partial charge in [-0.15, -0.1) is 11.3 Å². The number of thioether (sulfide) groups is 1. The molecule has 2 aromatic rings. The summed E-state index contributed by atoms with van der Waals surface area (Å²) in [5.41, 5.74) is 2.47. The summed E-state index contributed by atoms with van der Waals surface area (Å²) in [7, 11) is 0. The molecule has 1 saturated carbocycles. The molecule has 6 atom stereocenters. The fourth-order valence-corrected chi connectivity index (χ4v) is 9.29. The molecule has 1 saturated heterocycles. The number of aliphatic hydroxyl groups is 1. The van der Waals surface area contributed by atoms with Crippen molar-refractivity contribution >= 4 is 40.3 Å². The van der Waals surface area contributed by atoms with E-state index in [4.69, 9.17) is 4.98 Å². The Kier molecular flexibility index (Phi) is 5.99. The monoisotopic (exact) mass is 476 g/mol. The van der Waals surface area contributed by atoms with E-state index in [0.717, 1.165) is 48.9 Å². The molecular weight excluding hydrogens is 444 g/mol. The first-order chi connectivity index (χ1) is 14.9. The van der Waals surface area contributed by atoms with Gasteiger partial charge in [-0.05, 0) is 48.0 Å². The molecule has 4 nitrogen and oxygen atoms in total. The number of fused-ring (bicyclic) bond motifs is 2. The number of thiazole rings is 1. The van der Waals surface area contributed by atoms with Gasteiger partial charge in [-0.2, -0.15) is 23.1 Å². The average Bonchev–Trinajstić information content (AvgIpc) is 3.43. The lowest BCUT2D eigenvalue weighted by atomic mass is 9.53. The number of rotatable bonds is 3. The highest BCUT2D eigenvalue weighted by molar-refractivity contribution is 7.99. The van der Waals surface area contributed by atoms with E-state index >= 15 is 0 Å². The predicted molar refractivity (Wildman–Crippen MR) is 131 cm³/mol. The smallest absolute Gasteiger partial charge is 0.225 e. The lowest BCUT2D eigenvalue weighted by Crippen LogP contribution is -2.54. The van der Waals surface area contributed by atoms with Crippen LogP contribution in [0.1, 0.15) is 50.1 Å². The number of hydrogen-bond acceptors (Lipinski definition) is 6. The van der Waals surface area contributed by atoms with Crippen LogP contribution in [0.5, 0.6) is 0 Å². The van der Waals surface area contributed by atoms with Crippen molar-refractivity contribution < 1.29 is 9.90 Å². The second-order valence-electron chi connectivity index (χ2n) is 9.90. The lowest BCUT2D eigenvalue weighted by molar-refractivity contribution is -0.144. The molecule has 31 heavy (non-hydrogen) atoms. The molecule has 0 radical (unpaired) electrons. The molecule has 1 amide bonds. The molecule has 2 fully saturated rings. The molecule has 168 valence electrons. The maximum absolute atomic E-state index is 13.2. The number of amides is 1. The predicted octanol–water partition coefficient (Wildman–Crippen LogP) is 5.14. The summed E-state index contributed by atoms with van der Waals surface area (Å²) < 4.78 is 0. The second kappa shape index (κ2) is 8.47. The van der Waals surface area contributed by atoms with Crippen molar-refractivity contribution in [1.29, 1.82) is 0 Å². The van der Waals surface area contributed by atoms with Gasteiger partial charge in [-0.3, -0.25) is 4.79 Å². The molecule has 7 heteroatoms. The minimum absolute atomic E-state index is 0.0409. The minimum Gasteiger partial charge on any atom is -0.392 e. The van der Waals surface area contributed by atoms with E-state index in [0.29, 0.717) is 0 Å². The molecule has 1 N–H and O–H groups in total. The van der Waals surface area contributed by atoms with E-state index in [1.807, 2.05) is 28.0 Å². The Morgan fingerprint density at radius 2 is 2.13 bits per heavy atom. The van der Waals surface area contributed by atoms with Gasteiger partial charge in [-0.25, -0.2) is 4.98 Å². The molecule has 3 heterocycles. The van der Waals surface area contributed by atoms with Crippen molar-refractivity contribution in [2.24, 2.45) is 23.2 Å². The van der Waals surface area contributed by atoms with Gasteiger partial charge in [0.2, 0.25) is 5.91 Å². The van der Waals surface area contributed by atoms with Gasteiger partial charge in [0.25, 0.3) is 0 Å². The van der Waals surface area contributed by atoms with E-state index in [-0.39, 0.29) is 35.0 Å². The van der Waals surface area contributed by atoms with Crippen LogP contribution in [0.3, 0.4) is 0 Å². The molecule has 2 aromatic heterocycles. The van der Waals surface area contributed by atoms with Crippen molar-refractivity contribution in [3.63, 3.8) is 0 Å². The normalized spacial score (nSPS) is 34.1. The Labute approximate surface area is 197 Å². The number of carbonyl (C=O) groups excluding carboxylic acids is 1. The third-order valence-electron chi connectivity index (χ3n) is 8.04. The van der Waals surface area contributed by atoms with Crippen LogP contribution < -0.4 is 0 Å². The molecule has 1 aliphatic heterocycles. The highest BCUT2D eigenvalue weighted by atomic mass is 32.2. The van der Waals surface area contributed by atoms with Crippen LogP contribution in [0.15, 0.2) is 16.8 Å². The molecular formula is C24H32N2O2S3. The van der Waals surface area contributed by atoms with Crippen LogP contribution in [0.4, 0.5) is 0 Å². The van der Waals surface area contributed by atoms with Crippen LogP contribution in [0.2, 0.25) is 0 Å². The molecule has 2 aliphatic carbocycles. The van der Waals surface area contributed by atoms with Crippen LogP contribution in [-0.4, -0.2) is 51.6 Å². The summed E-state index contributed by atoms with van der Waals surface area (Å²) in [5.74, 6) is 2.59. The van der Waals surface area contributed by atoms with Gasteiger partial charge in [-0.1, -0.05) is 20.8 Å². The largest absolute Gasteiger partial charge is 0.392 e. The van der Waals surface area contributed by atoms with Crippen LogP contribution in [0, 0.1) is 23.2 Å². The van der Waals surface area contributed by atoms with Crippen molar-refractivity contribution in [2.45, 2.75) is 52.1 Å². The molecule has 0 unspecified atom stereocenters. The summed E-state index contributed by atoms with van der Waals surface area (Å²) >= 11 is 5.47. The molecule has 0 spiro atoms. The summed E-state index contributed by atoms with van der Waals surface area (Å²) in [5, 5.41) is 17.0. The van der Waals surface area contributed by atoms with Crippen molar-refractivity contribution in [3.8, 4) is 10.6 Å². The highest BCUT2D eigenvalue weighted by Gasteiger charge is 2.54. The molecule has 3 aliphatic rings. The molecule has 0 aromatic carbocycles. The maximum atomic E-state index is 13.2. The fourth-order valence-electron chi connectivity index (χ4n) is 6.31. The Hall–Kier alpha value is -0.890. The zero-order valence-electron chi connectivity index (χ0n) is 18.5. The first kappa shape index (κ1) is 21.9. The van der Waals surface area contributed by atoms with E-state index in [2.05, 4.69) is 37.6 Å². The zero-order chi connectivity index (χ0) is 21.8. The molecule has 5 rings (SSSR count). The standard InChI is InChI=1S/C24H32N2O2S3/c1-14(23(28)26-7-10-29-11-8-26)17-4-6-24(3)12-18-20(15(2)19(24)21(17)27)25-22(31-18)16-5-9-30-13-16/h5,9,13-15,17,19,21,27H,4,6-8,10-12H2,1-3H3/t14-,15-,17-,19+,21-,24-/m0/s1. The lowest BCUT2D eigenvalue weighted by Gasteiger charge is -2.53. The Bertz CT molecular complexity index is 937. The van der Waals surface area contributed by atoms with Crippen molar-refractivity contribution in [3.05, 3.63) is 27.4 Å². The van der Waals surface area contributed by atoms with Gasteiger partial charge < -0.3 is 10.0 Å². The first-order valence-corrected chi connectivity index (χ1v) is 14.4. The maximum Gasteiger partial charge on any atom is 0.225 e. The quantitative estimate of drug-likeness (QED) is 0.667. The Morgan fingerprint density at radius 3 is 2.84 bits per heavy atom. The van der Waals surface area contributed by atoms with Crippen LogP contribution >= 0.6 is 34.4 Å². The number of thiophene rings is 1. The topological polar surface area (TPSA) is 53.4 Å². The number of aliphatic hydroxyl groups excluding tert-OH is 1. The third kappa shape index (κ3) is 3.79. The van der Waals surface area contributed by atoms with Gasteiger partial charge in [0.05, 0.1) is 11.8 Å². The number of aromatic nitrogens is 1. The SMILES string of the molecule is C[C@H](C(=O)N1CCSCC1)[C@@H]1CC[C@@]2(C)Cc3sc(-c4ccsc4)nc3[C@@H](C)[C@@H]2[C@H]1O. The van der Waals surface area contributed by atoms with E-state index in [9.17, 15) is 9.90 Å². The van der Waals surface area contributed by atoms with Gasteiger partial charge >= 0.3 is 0 Å². The average molecular weight is 477 g/mol. The van der Waals surface area contributed by atoms with Gasteiger partial charge in [0.15, 0.2) is 0 Å². The highest BCUT2D eigenvalue weighted by Crippen LogP contribution is 2.57. The summed E-state index contributed by atoms with van der Waals surface area (Å²) in [6, 6.07) is 2.14. The van der Waals surface area contributed by atoms with Gasteiger partial charge in [0.1, 0.15) is 5.01 Å². The van der Waals surface area contributed by atoms with Crippen LogP contribution in [0.25, 0.3) is 10.6 Å². The minimum atomic E-state index is -0.452. The summed E-state index contributed by atoms with van der Waals surface area (Å²) in [6.45, 7) is 8.35. The summed E-state index contributed by atoms with van der Waals surface area (Å²) in [6.07, 6.45) is 2.55. The van der Waals surface area contributed by atoms with E-state index in [1.54, 1.807) is 11.3 Å². The third-order valence-corrected chi connectivity index (χ3v) is 10.8. The number of nitrogens with zero attached hydrogens (tertiary/aromatic N) is 2. The molecule has 0 bridgehead atoms. The van der Waals surface area contributed by atoms with E-state index in [1.165, 1.54) is 16.1 Å². The second-order valence-corrected chi connectivity index (χ2v) is 13.0. The van der Waals surface area contributed by atoms with Crippen molar-refractivity contribution in [2.75, 3.05) is 24.6 Å². The van der Waals surface area contributed by atoms with Gasteiger partial charge in [0, 0.05) is 52.3 Å². The van der Waals surface area contributed by atoms with Crippen LogP contribution in [-0.2, 0) is 11.2 Å². The Morgan fingerprint density at radius 1 is 1.35 bits per heavy atom. The van der Waals surface area contributed by atoms with E-state index < -0.39 is 6.10 Å². The Balaban J connectivity index is 1.40.